The summed E-state index contributed by atoms with van der Waals surface area (Å²) < 4.78 is 14.1. The van der Waals surface area contributed by atoms with Gasteiger partial charge < -0.3 is 19.1 Å². The summed E-state index contributed by atoms with van der Waals surface area (Å²) in [6, 6.07) is 9.01. The number of hydrogen-bond acceptors (Lipinski definition) is 4. The Bertz CT molecular complexity index is 1090. The molecule has 0 atom stereocenters. The number of carbonyl (C=O) groups is 1. The van der Waals surface area contributed by atoms with Crippen molar-refractivity contribution in [2.75, 3.05) is 7.11 Å². The van der Waals surface area contributed by atoms with Gasteiger partial charge in [-0.05, 0) is 50.6 Å². The van der Waals surface area contributed by atoms with Crippen molar-refractivity contribution in [3.8, 4) is 17.2 Å². The van der Waals surface area contributed by atoms with Crippen molar-refractivity contribution in [1.29, 1.82) is 0 Å². The van der Waals surface area contributed by atoms with E-state index >= 15 is 0 Å². The molecule has 148 valence electrons. The molecule has 7 heteroatoms. The van der Waals surface area contributed by atoms with Crippen LogP contribution >= 0.6 is 0 Å². The number of benzene rings is 1. The number of methoxy groups -OCH3 is 1. The third kappa shape index (κ3) is 3.13. The van der Waals surface area contributed by atoms with Gasteiger partial charge in [-0.3, -0.25) is 9.36 Å². The third-order valence-electron chi connectivity index (χ3n) is 4.65. The van der Waals surface area contributed by atoms with E-state index in [-0.39, 0.29) is 28.5 Å². The molecule has 0 bridgehead atoms. The molecule has 0 fully saturated rings. The van der Waals surface area contributed by atoms with Gasteiger partial charge in [-0.25, -0.2) is 4.79 Å². The Kier molecular flexibility index (Phi) is 5.18. The average Bonchev–Trinajstić information content (AvgIpc) is 2.93. The molecule has 3 rings (SSSR count). The molecule has 2 aromatic heterocycles. The quantitative estimate of drug-likeness (QED) is 0.704. The topological polar surface area (TPSA) is 82.7 Å². The second-order valence-corrected chi connectivity index (χ2v) is 6.80. The zero-order chi connectivity index (χ0) is 20.6. The standard InChI is InChI=1S/C21H24N2O5/c1-6-13-11-16-17(19(28-12(2)3)18(21(25)26)22(16)4)20(24)23(13)14-7-9-15(27-5)10-8-14/h7-12H,6H2,1-5H3,(H,25,26). The molecule has 0 unspecified atom stereocenters. The molecule has 0 saturated carbocycles. The molecule has 0 aliphatic heterocycles. The van der Waals surface area contributed by atoms with E-state index in [0.717, 1.165) is 5.69 Å². The van der Waals surface area contributed by atoms with Crippen molar-refractivity contribution in [2.24, 2.45) is 7.05 Å². The van der Waals surface area contributed by atoms with E-state index in [1.165, 1.54) is 4.57 Å². The first-order chi connectivity index (χ1) is 13.3. The molecule has 0 radical (unpaired) electrons. The lowest BCUT2D eigenvalue weighted by Gasteiger charge is -2.14. The third-order valence-corrected chi connectivity index (χ3v) is 4.65. The van der Waals surface area contributed by atoms with Gasteiger partial charge in [0.2, 0.25) is 0 Å². The van der Waals surface area contributed by atoms with Gasteiger partial charge in [0.15, 0.2) is 11.4 Å². The molecule has 3 aromatic rings. The van der Waals surface area contributed by atoms with E-state index in [1.54, 1.807) is 56.8 Å². The van der Waals surface area contributed by atoms with Crippen LogP contribution in [0.25, 0.3) is 16.6 Å². The lowest BCUT2D eigenvalue weighted by molar-refractivity contribution is 0.0680. The second kappa shape index (κ2) is 7.42. The number of nitrogens with zero attached hydrogens (tertiary/aromatic N) is 2. The van der Waals surface area contributed by atoms with Gasteiger partial charge in [0.25, 0.3) is 5.56 Å². The van der Waals surface area contributed by atoms with Crippen molar-refractivity contribution in [3.05, 3.63) is 52.1 Å². The summed E-state index contributed by atoms with van der Waals surface area (Å²) in [6.07, 6.45) is 0.328. The van der Waals surface area contributed by atoms with Gasteiger partial charge in [-0.1, -0.05) is 6.92 Å². The molecule has 1 aromatic carbocycles. The molecule has 2 heterocycles. The van der Waals surface area contributed by atoms with Crippen molar-refractivity contribution in [1.82, 2.24) is 9.13 Å². The van der Waals surface area contributed by atoms with Crippen LogP contribution < -0.4 is 15.0 Å². The fraction of sp³-hybridized carbons (Fsp3) is 0.333. The SMILES string of the molecule is CCc1cc2c(c(OC(C)C)c(C(=O)O)n2C)c(=O)n1-c1ccc(OC)cc1. The molecular weight excluding hydrogens is 360 g/mol. The van der Waals surface area contributed by atoms with Crippen molar-refractivity contribution in [2.45, 2.75) is 33.3 Å². The van der Waals surface area contributed by atoms with Crippen LogP contribution in [0.4, 0.5) is 0 Å². The largest absolute Gasteiger partial charge is 0.497 e. The highest BCUT2D eigenvalue weighted by Gasteiger charge is 2.27. The van der Waals surface area contributed by atoms with Crippen LogP contribution in [-0.2, 0) is 13.5 Å². The number of carboxylic acid groups (broad SMARTS) is 1. The highest BCUT2D eigenvalue weighted by atomic mass is 16.5. The van der Waals surface area contributed by atoms with Crippen molar-refractivity contribution >= 4 is 16.9 Å². The molecule has 0 aliphatic rings. The summed E-state index contributed by atoms with van der Waals surface area (Å²) in [4.78, 5) is 25.4. The number of aromatic nitrogens is 2. The number of ether oxygens (including phenoxy) is 2. The zero-order valence-electron chi connectivity index (χ0n) is 16.6. The highest BCUT2D eigenvalue weighted by molar-refractivity contribution is 6.00. The van der Waals surface area contributed by atoms with Crippen molar-refractivity contribution < 1.29 is 19.4 Å². The van der Waals surface area contributed by atoms with E-state index in [1.807, 2.05) is 13.0 Å². The predicted molar refractivity (Wildman–Crippen MR) is 107 cm³/mol. The Morgan fingerprint density at radius 1 is 1.21 bits per heavy atom. The molecule has 0 aliphatic carbocycles. The molecule has 7 nitrogen and oxygen atoms in total. The maximum absolute atomic E-state index is 13.5. The minimum Gasteiger partial charge on any atom is -0.497 e. The molecule has 1 N–H and O–H groups in total. The zero-order valence-corrected chi connectivity index (χ0v) is 16.6. The maximum Gasteiger partial charge on any atom is 0.356 e. The van der Waals surface area contributed by atoms with Crippen LogP contribution in [0, 0.1) is 0 Å². The summed E-state index contributed by atoms with van der Waals surface area (Å²) in [7, 11) is 3.22. The second-order valence-electron chi connectivity index (χ2n) is 6.80. The first-order valence-electron chi connectivity index (χ1n) is 9.11. The minimum absolute atomic E-state index is 0.0321. The molecule has 0 amide bonds. The number of aryl methyl sites for hydroxylation is 2. The van der Waals surface area contributed by atoms with E-state index in [0.29, 0.717) is 23.4 Å². The number of rotatable bonds is 6. The van der Waals surface area contributed by atoms with Crippen LogP contribution in [0.1, 0.15) is 37.0 Å². The number of aromatic carboxylic acids is 1. The first kappa shape index (κ1) is 19.5. The first-order valence-corrected chi connectivity index (χ1v) is 9.11. The van der Waals surface area contributed by atoms with Gasteiger partial charge in [-0.2, -0.15) is 0 Å². The smallest absolute Gasteiger partial charge is 0.356 e. The van der Waals surface area contributed by atoms with Crippen LogP contribution in [-0.4, -0.2) is 33.4 Å². The number of fused-ring (bicyclic) bond motifs is 1. The van der Waals surface area contributed by atoms with Crippen LogP contribution in [0.5, 0.6) is 11.5 Å². The molecule has 28 heavy (non-hydrogen) atoms. The van der Waals surface area contributed by atoms with Gasteiger partial charge in [0, 0.05) is 18.4 Å². The van der Waals surface area contributed by atoms with Crippen LogP contribution in [0.3, 0.4) is 0 Å². The molecular formula is C21H24N2O5. The highest BCUT2D eigenvalue weighted by Crippen LogP contribution is 2.32. The molecule has 0 spiro atoms. The monoisotopic (exact) mass is 384 g/mol. The Hall–Kier alpha value is -3.22. The summed E-state index contributed by atoms with van der Waals surface area (Å²) in [5.41, 5.74) is 1.66. The van der Waals surface area contributed by atoms with E-state index in [4.69, 9.17) is 9.47 Å². The van der Waals surface area contributed by atoms with E-state index < -0.39 is 5.97 Å². The van der Waals surface area contributed by atoms with E-state index in [9.17, 15) is 14.7 Å². The van der Waals surface area contributed by atoms with Gasteiger partial charge >= 0.3 is 5.97 Å². The minimum atomic E-state index is -1.14. The Labute approximate surface area is 162 Å². The fourth-order valence-electron chi connectivity index (χ4n) is 3.38. The Morgan fingerprint density at radius 3 is 2.36 bits per heavy atom. The van der Waals surface area contributed by atoms with Crippen molar-refractivity contribution in [3.63, 3.8) is 0 Å². The summed E-state index contributed by atoms with van der Waals surface area (Å²) in [5.74, 6) is -0.342. The predicted octanol–water partition coefficient (Wildman–Crippen LogP) is 3.39. The number of pyridine rings is 1. The normalized spacial score (nSPS) is 11.2. The van der Waals surface area contributed by atoms with E-state index in [2.05, 4.69) is 0 Å². The number of carboxylic acids is 1. The number of hydrogen-bond donors (Lipinski definition) is 1. The Morgan fingerprint density at radius 2 is 1.86 bits per heavy atom. The van der Waals surface area contributed by atoms with Gasteiger partial charge in [-0.15, -0.1) is 0 Å². The average molecular weight is 384 g/mol. The van der Waals surface area contributed by atoms with Crippen LogP contribution in [0.15, 0.2) is 35.1 Å². The fourth-order valence-corrected chi connectivity index (χ4v) is 3.38. The van der Waals surface area contributed by atoms with Gasteiger partial charge in [0.1, 0.15) is 11.1 Å². The lowest BCUT2D eigenvalue weighted by Crippen LogP contribution is -2.22. The Balaban J connectivity index is 2.41. The van der Waals surface area contributed by atoms with Crippen LogP contribution in [0.2, 0.25) is 0 Å². The summed E-state index contributed by atoms with van der Waals surface area (Å²) in [6.45, 7) is 5.55. The summed E-state index contributed by atoms with van der Waals surface area (Å²) >= 11 is 0. The summed E-state index contributed by atoms with van der Waals surface area (Å²) in [5, 5.41) is 9.96. The van der Waals surface area contributed by atoms with Gasteiger partial charge in [0.05, 0.1) is 18.7 Å². The maximum atomic E-state index is 13.5. The lowest BCUT2D eigenvalue weighted by atomic mass is 10.2. The molecule has 0 saturated heterocycles.